The molecule has 0 aromatic heterocycles. The Hall–Kier alpha value is -1.82. The minimum absolute atomic E-state index is 0.0339. The first-order chi connectivity index (χ1) is 8.82. The second-order valence-corrected chi connectivity index (χ2v) is 4.66. The molecule has 104 valence electrons. The van der Waals surface area contributed by atoms with Crippen LogP contribution in [0.25, 0.3) is 0 Å². The van der Waals surface area contributed by atoms with Gasteiger partial charge in [-0.1, -0.05) is 31.5 Å². The summed E-state index contributed by atoms with van der Waals surface area (Å²) >= 11 is 5.74. The number of rotatable bonds is 4. The SMILES string of the molecule is CC(C)C(NC(=O)Nc1c(F)cccc1Cl)C(=O)O. The normalized spacial score (nSPS) is 12.1. The van der Waals surface area contributed by atoms with Crippen molar-refractivity contribution >= 4 is 29.3 Å². The van der Waals surface area contributed by atoms with Crippen LogP contribution in [0.5, 0.6) is 0 Å². The smallest absolute Gasteiger partial charge is 0.326 e. The molecule has 0 radical (unpaired) electrons. The lowest BCUT2D eigenvalue weighted by molar-refractivity contribution is -0.140. The number of amides is 2. The van der Waals surface area contributed by atoms with Gasteiger partial charge in [0.25, 0.3) is 0 Å². The molecule has 1 aromatic rings. The van der Waals surface area contributed by atoms with Gasteiger partial charge in [-0.15, -0.1) is 0 Å². The number of halogens is 2. The van der Waals surface area contributed by atoms with Crippen LogP contribution in [0.2, 0.25) is 5.02 Å². The molecule has 5 nitrogen and oxygen atoms in total. The second kappa shape index (κ2) is 6.38. The molecule has 1 rings (SSSR count). The van der Waals surface area contributed by atoms with Crippen LogP contribution in [0, 0.1) is 11.7 Å². The number of benzene rings is 1. The van der Waals surface area contributed by atoms with Crippen molar-refractivity contribution in [3.05, 3.63) is 29.0 Å². The predicted octanol–water partition coefficient (Wildman–Crippen LogP) is 2.71. The van der Waals surface area contributed by atoms with Crippen LogP contribution in [-0.2, 0) is 4.79 Å². The Morgan fingerprint density at radius 2 is 2.00 bits per heavy atom. The maximum atomic E-state index is 13.4. The molecule has 1 atom stereocenters. The maximum absolute atomic E-state index is 13.4. The first-order valence-corrected chi connectivity index (χ1v) is 5.95. The molecule has 0 saturated heterocycles. The van der Waals surface area contributed by atoms with Crippen LogP contribution >= 0.6 is 11.6 Å². The average Bonchev–Trinajstić information content (AvgIpc) is 2.30. The zero-order valence-corrected chi connectivity index (χ0v) is 11.2. The quantitative estimate of drug-likeness (QED) is 0.797. The molecule has 0 heterocycles. The molecule has 2 amide bonds. The maximum Gasteiger partial charge on any atom is 0.326 e. The van der Waals surface area contributed by atoms with E-state index in [0.717, 1.165) is 6.07 Å². The summed E-state index contributed by atoms with van der Waals surface area (Å²) in [5.41, 5.74) is -0.186. The molecular weight excluding hydrogens is 275 g/mol. The second-order valence-electron chi connectivity index (χ2n) is 4.26. The third-order valence-electron chi connectivity index (χ3n) is 2.42. The topological polar surface area (TPSA) is 78.4 Å². The standard InChI is InChI=1S/C12H14ClFN2O3/c1-6(2)9(11(17)18)15-12(19)16-10-7(13)4-3-5-8(10)14/h3-6,9H,1-2H3,(H,17,18)(H2,15,16,19). The van der Waals surface area contributed by atoms with E-state index >= 15 is 0 Å². The molecule has 19 heavy (non-hydrogen) atoms. The Balaban J connectivity index is 2.78. The summed E-state index contributed by atoms with van der Waals surface area (Å²) in [7, 11) is 0. The fourth-order valence-electron chi connectivity index (χ4n) is 1.42. The number of carboxylic acid groups (broad SMARTS) is 1. The first-order valence-electron chi connectivity index (χ1n) is 5.57. The zero-order valence-electron chi connectivity index (χ0n) is 10.4. The third kappa shape index (κ3) is 4.10. The number of anilines is 1. The molecule has 0 fully saturated rings. The van der Waals surface area contributed by atoms with Gasteiger partial charge in [0.1, 0.15) is 11.9 Å². The lowest BCUT2D eigenvalue weighted by Crippen LogP contribution is -2.46. The highest BCUT2D eigenvalue weighted by Gasteiger charge is 2.24. The lowest BCUT2D eigenvalue weighted by atomic mass is 10.1. The molecular formula is C12H14ClFN2O3. The third-order valence-corrected chi connectivity index (χ3v) is 2.74. The van der Waals surface area contributed by atoms with Crippen molar-refractivity contribution in [3.8, 4) is 0 Å². The van der Waals surface area contributed by atoms with E-state index in [1.54, 1.807) is 13.8 Å². The van der Waals surface area contributed by atoms with Crippen molar-refractivity contribution in [1.82, 2.24) is 5.32 Å². The van der Waals surface area contributed by atoms with Crippen molar-refractivity contribution in [2.24, 2.45) is 5.92 Å². The van der Waals surface area contributed by atoms with Gasteiger partial charge in [0.05, 0.1) is 10.7 Å². The van der Waals surface area contributed by atoms with Gasteiger partial charge in [0, 0.05) is 0 Å². The summed E-state index contributed by atoms with van der Waals surface area (Å²) in [6.07, 6.45) is 0. The van der Waals surface area contributed by atoms with E-state index in [1.165, 1.54) is 12.1 Å². The van der Waals surface area contributed by atoms with Gasteiger partial charge < -0.3 is 15.7 Å². The summed E-state index contributed by atoms with van der Waals surface area (Å²) in [6, 6.07) is 2.06. The number of aliphatic carboxylic acids is 1. The Kier molecular flexibility index (Phi) is 5.11. The molecule has 0 bridgehead atoms. The van der Waals surface area contributed by atoms with E-state index in [2.05, 4.69) is 10.6 Å². The van der Waals surface area contributed by atoms with Crippen molar-refractivity contribution in [1.29, 1.82) is 0 Å². The molecule has 0 saturated carbocycles. The fourth-order valence-corrected chi connectivity index (χ4v) is 1.63. The average molecular weight is 289 g/mol. The summed E-state index contributed by atoms with van der Waals surface area (Å²) in [4.78, 5) is 22.5. The van der Waals surface area contributed by atoms with Gasteiger partial charge in [0.15, 0.2) is 0 Å². The Morgan fingerprint density at radius 1 is 1.37 bits per heavy atom. The Bertz CT molecular complexity index is 474. The predicted molar refractivity (Wildman–Crippen MR) is 69.8 cm³/mol. The number of carboxylic acids is 1. The van der Waals surface area contributed by atoms with Gasteiger partial charge in [-0.2, -0.15) is 0 Å². The van der Waals surface area contributed by atoms with E-state index in [9.17, 15) is 14.0 Å². The van der Waals surface area contributed by atoms with E-state index < -0.39 is 23.9 Å². The van der Waals surface area contributed by atoms with E-state index in [4.69, 9.17) is 16.7 Å². The van der Waals surface area contributed by atoms with E-state index in [0.29, 0.717) is 0 Å². The number of hydrogen-bond acceptors (Lipinski definition) is 2. The highest BCUT2D eigenvalue weighted by atomic mass is 35.5. The first kappa shape index (κ1) is 15.2. The molecule has 0 aliphatic rings. The Labute approximate surface area is 114 Å². The highest BCUT2D eigenvalue weighted by Crippen LogP contribution is 2.24. The molecule has 7 heteroatoms. The fraction of sp³-hybridized carbons (Fsp3) is 0.333. The van der Waals surface area contributed by atoms with Crippen LogP contribution in [0.15, 0.2) is 18.2 Å². The number of nitrogens with one attached hydrogen (secondary N) is 2. The number of para-hydroxylation sites is 1. The van der Waals surface area contributed by atoms with Crippen molar-refractivity contribution in [2.75, 3.05) is 5.32 Å². The number of urea groups is 1. The van der Waals surface area contributed by atoms with E-state index in [1.807, 2.05) is 0 Å². The van der Waals surface area contributed by atoms with Gasteiger partial charge in [-0.05, 0) is 18.1 Å². The van der Waals surface area contributed by atoms with Gasteiger partial charge in [-0.25, -0.2) is 14.0 Å². The highest BCUT2D eigenvalue weighted by molar-refractivity contribution is 6.33. The minimum atomic E-state index is -1.16. The zero-order chi connectivity index (χ0) is 14.6. The molecule has 0 aliphatic carbocycles. The molecule has 0 aliphatic heterocycles. The summed E-state index contributed by atoms with van der Waals surface area (Å²) in [5.74, 6) is -2.16. The van der Waals surface area contributed by atoms with Crippen molar-refractivity contribution < 1.29 is 19.1 Å². The molecule has 0 spiro atoms. The monoisotopic (exact) mass is 288 g/mol. The van der Waals surface area contributed by atoms with Crippen LogP contribution in [0.1, 0.15) is 13.8 Å². The van der Waals surface area contributed by atoms with Gasteiger partial charge >= 0.3 is 12.0 Å². The lowest BCUT2D eigenvalue weighted by Gasteiger charge is -2.18. The van der Waals surface area contributed by atoms with Crippen molar-refractivity contribution in [2.45, 2.75) is 19.9 Å². The van der Waals surface area contributed by atoms with Crippen LogP contribution < -0.4 is 10.6 Å². The molecule has 3 N–H and O–H groups in total. The van der Waals surface area contributed by atoms with Gasteiger partial charge in [-0.3, -0.25) is 0 Å². The minimum Gasteiger partial charge on any atom is -0.480 e. The van der Waals surface area contributed by atoms with Crippen LogP contribution in [0.3, 0.4) is 0 Å². The van der Waals surface area contributed by atoms with Crippen molar-refractivity contribution in [3.63, 3.8) is 0 Å². The largest absolute Gasteiger partial charge is 0.480 e. The van der Waals surface area contributed by atoms with Crippen LogP contribution in [0.4, 0.5) is 14.9 Å². The summed E-state index contributed by atoms with van der Waals surface area (Å²) < 4.78 is 13.4. The number of hydrogen-bond donors (Lipinski definition) is 3. The van der Waals surface area contributed by atoms with E-state index in [-0.39, 0.29) is 16.6 Å². The summed E-state index contributed by atoms with van der Waals surface area (Å²) in [5, 5.41) is 13.4. The number of carbonyl (C=O) groups is 2. The molecule has 1 unspecified atom stereocenters. The van der Waals surface area contributed by atoms with Gasteiger partial charge in [0.2, 0.25) is 0 Å². The number of carbonyl (C=O) groups excluding carboxylic acids is 1. The Morgan fingerprint density at radius 3 is 2.47 bits per heavy atom. The van der Waals surface area contributed by atoms with Crippen LogP contribution in [-0.4, -0.2) is 23.1 Å². The summed E-state index contributed by atoms with van der Waals surface area (Å²) in [6.45, 7) is 3.30. The molecule has 1 aromatic carbocycles.